The molecule has 5 nitrogen and oxygen atoms in total. The summed E-state index contributed by atoms with van der Waals surface area (Å²) in [6, 6.07) is -0.818. The van der Waals surface area contributed by atoms with Crippen LogP contribution in [0.5, 0.6) is 0 Å². The fourth-order valence-electron chi connectivity index (χ4n) is 5.87. The number of carbonyl (C=O) groups excluding carboxylic acids is 1. The van der Waals surface area contributed by atoms with E-state index < -0.39 is 18.2 Å². The molecule has 5 heteroatoms. The zero-order chi connectivity index (χ0) is 31.6. The van der Waals surface area contributed by atoms with E-state index in [-0.39, 0.29) is 12.5 Å². The van der Waals surface area contributed by atoms with Gasteiger partial charge in [-0.25, -0.2) is 0 Å². The van der Waals surface area contributed by atoms with Crippen LogP contribution in [0.4, 0.5) is 0 Å². The summed E-state index contributed by atoms with van der Waals surface area (Å²) in [4.78, 5) is 12.3. The third-order valence-corrected chi connectivity index (χ3v) is 8.87. The number of aliphatic hydroxyl groups is 3. The van der Waals surface area contributed by atoms with Crippen LogP contribution in [0.25, 0.3) is 0 Å². The van der Waals surface area contributed by atoms with Gasteiger partial charge >= 0.3 is 0 Å². The van der Waals surface area contributed by atoms with Crippen molar-refractivity contribution < 1.29 is 20.1 Å². The van der Waals surface area contributed by atoms with Gasteiger partial charge in [0.2, 0.25) is 5.91 Å². The molecule has 0 aromatic rings. The van der Waals surface area contributed by atoms with Crippen LogP contribution in [0.15, 0.2) is 12.2 Å². The Morgan fingerprint density at radius 1 is 0.558 bits per heavy atom. The van der Waals surface area contributed by atoms with Crippen molar-refractivity contribution in [3.05, 3.63) is 12.2 Å². The van der Waals surface area contributed by atoms with Gasteiger partial charge in [0, 0.05) is 6.42 Å². The van der Waals surface area contributed by atoms with E-state index in [4.69, 9.17) is 0 Å². The molecular formula is C38H75NO4. The molecule has 4 N–H and O–H groups in total. The average Bonchev–Trinajstić information content (AvgIpc) is 3.01. The number of carbonyl (C=O) groups is 1. The molecule has 0 radical (unpaired) electrons. The van der Waals surface area contributed by atoms with Gasteiger partial charge in [-0.1, -0.05) is 167 Å². The molecule has 0 aromatic heterocycles. The first-order chi connectivity index (χ1) is 21.1. The smallest absolute Gasteiger partial charge is 0.220 e. The zero-order valence-electron chi connectivity index (χ0n) is 28.8. The van der Waals surface area contributed by atoms with Crippen molar-refractivity contribution >= 4 is 5.91 Å². The van der Waals surface area contributed by atoms with E-state index in [9.17, 15) is 20.1 Å². The highest BCUT2D eigenvalue weighted by molar-refractivity contribution is 5.76. The van der Waals surface area contributed by atoms with Gasteiger partial charge in [0.25, 0.3) is 0 Å². The van der Waals surface area contributed by atoms with Crippen LogP contribution in [0.2, 0.25) is 0 Å². The molecule has 3 atom stereocenters. The van der Waals surface area contributed by atoms with E-state index in [1.165, 1.54) is 135 Å². The Morgan fingerprint density at radius 3 is 1.35 bits per heavy atom. The van der Waals surface area contributed by atoms with Crippen LogP contribution in [0, 0.1) is 0 Å². The van der Waals surface area contributed by atoms with Crippen LogP contribution in [-0.4, -0.2) is 46.1 Å². The largest absolute Gasteiger partial charge is 0.394 e. The summed E-state index contributed by atoms with van der Waals surface area (Å²) in [7, 11) is 0. The lowest BCUT2D eigenvalue weighted by Gasteiger charge is -2.26. The SMILES string of the molecule is CCCCCC/C=C/CCCC(O)C(O)C(CO)NC(=O)CCCCCCCCCCCCCCCCCCCCCC. The Labute approximate surface area is 268 Å². The molecule has 0 saturated carbocycles. The van der Waals surface area contributed by atoms with Gasteiger partial charge in [-0.3, -0.25) is 4.79 Å². The summed E-state index contributed by atoms with van der Waals surface area (Å²) in [6.07, 6.45) is 37.5. The molecule has 3 unspecified atom stereocenters. The standard InChI is InChI=1S/C38H75NO4/c1-3-5-7-9-11-13-14-15-16-17-18-19-20-21-22-23-25-27-29-31-33-37(42)39-35(34-40)38(43)36(41)32-30-28-26-24-12-10-8-6-4-2/h24,26,35-36,38,40-41,43H,3-23,25,27-34H2,1-2H3,(H,39,42)/b26-24+. The Bertz CT molecular complexity index is 596. The van der Waals surface area contributed by atoms with Gasteiger partial charge in [0.1, 0.15) is 6.10 Å². The number of allylic oxidation sites excluding steroid dienone is 2. The number of hydrogen-bond acceptors (Lipinski definition) is 4. The number of hydrogen-bond donors (Lipinski definition) is 4. The molecule has 0 aromatic carbocycles. The minimum Gasteiger partial charge on any atom is -0.394 e. The van der Waals surface area contributed by atoms with Crippen LogP contribution in [0.3, 0.4) is 0 Å². The fraction of sp³-hybridized carbons (Fsp3) is 0.921. The minimum atomic E-state index is -1.15. The fourth-order valence-corrected chi connectivity index (χ4v) is 5.87. The molecule has 0 heterocycles. The van der Waals surface area contributed by atoms with E-state index in [1.54, 1.807) is 0 Å². The zero-order valence-corrected chi connectivity index (χ0v) is 28.8. The second kappa shape index (κ2) is 34.0. The van der Waals surface area contributed by atoms with Gasteiger partial charge in [0.15, 0.2) is 0 Å². The Kier molecular flexibility index (Phi) is 33.3. The van der Waals surface area contributed by atoms with Crippen LogP contribution < -0.4 is 5.32 Å². The van der Waals surface area contributed by atoms with Crippen molar-refractivity contribution in [2.75, 3.05) is 6.61 Å². The Hall–Kier alpha value is -0.910. The third-order valence-electron chi connectivity index (χ3n) is 8.87. The van der Waals surface area contributed by atoms with Crippen LogP contribution in [-0.2, 0) is 4.79 Å². The number of aliphatic hydroxyl groups excluding tert-OH is 3. The highest BCUT2D eigenvalue weighted by Gasteiger charge is 2.26. The highest BCUT2D eigenvalue weighted by atomic mass is 16.3. The van der Waals surface area contributed by atoms with Crippen molar-refractivity contribution in [1.29, 1.82) is 0 Å². The minimum absolute atomic E-state index is 0.154. The molecule has 0 saturated heterocycles. The highest BCUT2D eigenvalue weighted by Crippen LogP contribution is 2.15. The average molecular weight is 610 g/mol. The lowest BCUT2D eigenvalue weighted by molar-refractivity contribution is -0.124. The maximum atomic E-state index is 12.3. The second-order valence-corrected chi connectivity index (χ2v) is 13.1. The van der Waals surface area contributed by atoms with E-state index in [0.717, 1.165) is 38.5 Å². The van der Waals surface area contributed by atoms with E-state index in [0.29, 0.717) is 12.8 Å². The molecule has 43 heavy (non-hydrogen) atoms. The lowest BCUT2D eigenvalue weighted by atomic mass is 10.0. The predicted molar refractivity (Wildman–Crippen MR) is 185 cm³/mol. The number of nitrogens with one attached hydrogen (secondary N) is 1. The van der Waals surface area contributed by atoms with Gasteiger partial charge < -0.3 is 20.6 Å². The molecule has 1 amide bonds. The molecule has 0 fully saturated rings. The monoisotopic (exact) mass is 610 g/mol. The molecule has 0 aliphatic carbocycles. The molecular weight excluding hydrogens is 534 g/mol. The normalized spacial score (nSPS) is 13.9. The predicted octanol–water partition coefficient (Wildman–Crippen LogP) is 10.1. The summed E-state index contributed by atoms with van der Waals surface area (Å²) in [5.41, 5.74) is 0. The summed E-state index contributed by atoms with van der Waals surface area (Å²) >= 11 is 0. The maximum Gasteiger partial charge on any atom is 0.220 e. The van der Waals surface area contributed by atoms with E-state index in [1.807, 2.05) is 0 Å². The van der Waals surface area contributed by atoms with Crippen molar-refractivity contribution in [2.45, 2.75) is 218 Å². The number of unbranched alkanes of at least 4 members (excludes halogenated alkanes) is 24. The first-order valence-electron chi connectivity index (χ1n) is 19.0. The summed E-state index contributed by atoms with van der Waals surface area (Å²) < 4.78 is 0. The summed E-state index contributed by atoms with van der Waals surface area (Å²) in [5.74, 6) is -0.154. The number of rotatable bonds is 34. The van der Waals surface area contributed by atoms with Crippen molar-refractivity contribution in [3.63, 3.8) is 0 Å². The maximum absolute atomic E-state index is 12.3. The molecule has 0 aliphatic heterocycles. The lowest BCUT2D eigenvalue weighted by Crippen LogP contribution is -2.50. The third kappa shape index (κ3) is 29.6. The van der Waals surface area contributed by atoms with Gasteiger partial charge in [0.05, 0.1) is 18.8 Å². The number of amides is 1. The molecule has 0 spiro atoms. The van der Waals surface area contributed by atoms with E-state index >= 15 is 0 Å². The van der Waals surface area contributed by atoms with E-state index in [2.05, 4.69) is 31.3 Å². The van der Waals surface area contributed by atoms with Crippen LogP contribution >= 0.6 is 0 Å². The summed E-state index contributed by atoms with van der Waals surface area (Å²) in [6.45, 7) is 4.12. The Morgan fingerprint density at radius 2 is 0.930 bits per heavy atom. The molecule has 0 bridgehead atoms. The topological polar surface area (TPSA) is 89.8 Å². The van der Waals surface area contributed by atoms with Crippen molar-refractivity contribution in [2.24, 2.45) is 0 Å². The van der Waals surface area contributed by atoms with Crippen molar-refractivity contribution in [1.82, 2.24) is 5.32 Å². The molecule has 0 aliphatic rings. The van der Waals surface area contributed by atoms with Crippen molar-refractivity contribution in [3.8, 4) is 0 Å². The van der Waals surface area contributed by atoms with Gasteiger partial charge in [-0.15, -0.1) is 0 Å². The molecule has 0 rings (SSSR count). The van der Waals surface area contributed by atoms with Gasteiger partial charge in [-0.2, -0.15) is 0 Å². The quantitative estimate of drug-likeness (QED) is 0.0432. The van der Waals surface area contributed by atoms with Gasteiger partial charge in [-0.05, 0) is 38.5 Å². The second-order valence-electron chi connectivity index (χ2n) is 13.1. The summed E-state index contributed by atoms with van der Waals surface area (Å²) in [5, 5.41) is 33.2. The Balaban J connectivity index is 3.60. The van der Waals surface area contributed by atoms with Crippen LogP contribution in [0.1, 0.15) is 200 Å². The first kappa shape index (κ1) is 42.1. The molecule has 256 valence electrons. The first-order valence-corrected chi connectivity index (χ1v) is 19.0.